The second kappa shape index (κ2) is 8.27. The van der Waals surface area contributed by atoms with E-state index in [0.717, 1.165) is 43.7 Å². The normalized spacial score (nSPS) is 15.5. The van der Waals surface area contributed by atoms with Gasteiger partial charge in [-0.2, -0.15) is 5.10 Å². The van der Waals surface area contributed by atoms with Crippen LogP contribution in [0, 0.1) is 6.92 Å². The summed E-state index contributed by atoms with van der Waals surface area (Å²) in [5.41, 5.74) is 8.00. The lowest BCUT2D eigenvalue weighted by atomic mass is 10.1. The summed E-state index contributed by atoms with van der Waals surface area (Å²) in [6, 6.07) is 9.87. The van der Waals surface area contributed by atoms with Crippen molar-refractivity contribution < 1.29 is 9.53 Å². The van der Waals surface area contributed by atoms with Gasteiger partial charge >= 0.3 is 0 Å². The van der Waals surface area contributed by atoms with E-state index < -0.39 is 0 Å². The average molecular weight is 342 g/mol. The number of carbonyl (C=O) groups is 1. The predicted octanol–water partition coefficient (Wildman–Crippen LogP) is 2.15. The van der Waals surface area contributed by atoms with Crippen LogP contribution in [-0.4, -0.2) is 52.9 Å². The Morgan fingerprint density at radius 2 is 2.00 bits per heavy atom. The summed E-state index contributed by atoms with van der Waals surface area (Å²) in [5.74, 6) is 0.0556. The Balaban J connectivity index is 1.62. The number of rotatable bonds is 6. The highest BCUT2D eigenvalue weighted by Crippen LogP contribution is 2.20. The summed E-state index contributed by atoms with van der Waals surface area (Å²) in [6.07, 6.45) is 4.55. The van der Waals surface area contributed by atoms with Gasteiger partial charge in [-0.05, 0) is 44.9 Å². The first-order valence-corrected chi connectivity index (χ1v) is 8.91. The first-order valence-electron chi connectivity index (χ1n) is 8.91. The van der Waals surface area contributed by atoms with Crippen molar-refractivity contribution in [3.8, 4) is 5.69 Å². The van der Waals surface area contributed by atoms with Gasteiger partial charge in [0.1, 0.15) is 0 Å². The molecule has 0 radical (unpaired) electrons. The Labute approximate surface area is 148 Å². The van der Waals surface area contributed by atoms with E-state index in [4.69, 9.17) is 10.5 Å². The highest BCUT2D eigenvalue weighted by molar-refractivity contribution is 5.95. The molecule has 1 aromatic carbocycles. The number of hydrogen-bond donors (Lipinski definition) is 1. The molecular weight excluding hydrogens is 316 g/mol. The molecule has 1 aliphatic heterocycles. The van der Waals surface area contributed by atoms with Crippen LogP contribution < -0.4 is 5.73 Å². The molecule has 0 atom stereocenters. The predicted molar refractivity (Wildman–Crippen MR) is 96.8 cm³/mol. The Hall–Kier alpha value is -2.18. The maximum Gasteiger partial charge on any atom is 0.257 e. The maximum atomic E-state index is 12.8. The molecule has 2 heterocycles. The zero-order chi connectivity index (χ0) is 17.6. The molecule has 1 fully saturated rings. The molecule has 25 heavy (non-hydrogen) atoms. The van der Waals surface area contributed by atoms with Gasteiger partial charge in [-0.25, -0.2) is 4.68 Å². The number of hydrogen-bond acceptors (Lipinski definition) is 4. The molecule has 2 N–H and O–H groups in total. The number of likely N-dealkylation sites (tertiary alicyclic amines) is 1. The molecule has 0 unspecified atom stereocenters. The summed E-state index contributed by atoms with van der Waals surface area (Å²) < 4.78 is 7.62. The summed E-state index contributed by atoms with van der Waals surface area (Å²) in [6.45, 7) is 4.75. The summed E-state index contributed by atoms with van der Waals surface area (Å²) >= 11 is 0. The van der Waals surface area contributed by atoms with Crippen molar-refractivity contribution in [2.24, 2.45) is 5.73 Å². The van der Waals surface area contributed by atoms with Gasteiger partial charge in [-0.3, -0.25) is 4.79 Å². The summed E-state index contributed by atoms with van der Waals surface area (Å²) in [5, 5.41) is 4.40. The van der Waals surface area contributed by atoms with Crippen molar-refractivity contribution in [3.63, 3.8) is 0 Å². The lowest BCUT2D eigenvalue weighted by Crippen LogP contribution is -2.41. The number of amides is 1. The van der Waals surface area contributed by atoms with E-state index in [1.165, 1.54) is 0 Å². The molecule has 6 nitrogen and oxygen atoms in total. The molecule has 0 aliphatic carbocycles. The van der Waals surface area contributed by atoms with Crippen LogP contribution in [0.4, 0.5) is 0 Å². The summed E-state index contributed by atoms with van der Waals surface area (Å²) in [4.78, 5) is 14.8. The molecular formula is C19H26N4O2. The second-order valence-electron chi connectivity index (χ2n) is 6.40. The van der Waals surface area contributed by atoms with Crippen molar-refractivity contribution in [2.45, 2.75) is 32.3 Å². The van der Waals surface area contributed by atoms with E-state index in [1.807, 2.05) is 46.8 Å². The Kier molecular flexibility index (Phi) is 5.83. The minimum atomic E-state index is 0.0556. The first-order chi connectivity index (χ1) is 12.2. The van der Waals surface area contributed by atoms with E-state index in [0.29, 0.717) is 18.7 Å². The fourth-order valence-electron chi connectivity index (χ4n) is 3.18. The van der Waals surface area contributed by atoms with Crippen LogP contribution in [0.25, 0.3) is 5.69 Å². The lowest BCUT2D eigenvalue weighted by Gasteiger charge is -2.32. The van der Waals surface area contributed by atoms with Crippen LogP contribution >= 0.6 is 0 Å². The van der Waals surface area contributed by atoms with Gasteiger partial charge in [0.25, 0.3) is 5.91 Å². The fraction of sp³-hybridized carbons (Fsp3) is 0.474. The highest BCUT2D eigenvalue weighted by Gasteiger charge is 2.26. The molecule has 1 aromatic heterocycles. The smallest absolute Gasteiger partial charge is 0.257 e. The van der Waals surface area contributed by atoms with Gasteiger partial charge < -0.3 is 15.4 Å². The highest BCUT2D eigenvalue weighted by atomic mass is 16.5. The van der Waals surface area contributed by atoms with Crippen LogP contribution in [0.2, 0.25) is 0 Å². The van der Waals surface area contributed by atoms with Crippen LogP contribution in [0.3, 0.4) is 0 Å². The van der Waals surface area contributed by atoms with E-state index in [2.05, 4.69) is 5.10 Å². The van der Waals surface area contributed by atoms with Gasteiger partial charge in [0.2, 0.25) is 0 Å². The third-order valence-corrected chi connectivity index (χ3v) is 4.67. The molecule has 1 saturated heterocycles. The van der Waals surface area contributed by atoms with E-state index in [9.17, 15) is 4.79 Å². The Bertz CT molecular complexity index is 691. The standard InChI is InChI=1S/C19H26N4O2/c1-15-18(14-21-23(15)16-6-3-2-4-7-16)19(24)22-11-8-17(9-12-22)25-13-5-10-20/h2-4,6-7,14,17H,5,8-13,20H2,1H3. The van der Waals surface area contributed by atoms with Crippen molar-refractivity contribution in [1.82, 2.24) is 14.7 Å². The van der Waals surface area contributed by atoms with Crippen LogP contribution in [0.1, 0.15) is 35.3 Å². The molecule has 0 spiro atoms. The first kappa shape index (κ1) is 17.6. The number of para-hydroxylation sites is 1. The molecule has 1 amide bonds. The summed E-state index contributed by atoms with van der Waals surface area (Å²) in [7, 11) is 0. The van der Waals surface area contributed by atoms with Gasteiger partial charge in [0.15, 0.2) is 0 Å². The minimum Gasteiger partial charge on any atom is -0.378 e. The number of ether oxygens (including phenoxy) is 1. The lowest BCUT2D eigenvalue weighted by molar-refractivity contribution is 0.00843. The van der Waals surface area contributed by atoms with Crippen molar-refractivity contribution >= 4 is 5.91 Å². The quantitative estimate of drug-likeness (QED) is 0.817. The van der Waals surface area contributed by atoms with E-state index >= 15 is 0 Å². The van der Waals surface area contributed by atoms with Crippen LogP contribution in [-0.2, 0) is 4.74 Å². The monoisotopic (exact) mass is 342 g/mol. The molecule has 1 aliphatic rings. The van der Waals surface area contributed by atoms with Gasteiger partial charge in [0.05, 0.1) is 29.2 Å². The van der Waals surface area contributed by atoms with E-state index in [-0.39, 0.29) is 12.0 Å². The Morgan fingerprint density at radius 1 is 1.28 bits per heavy atom. The fourth-order valence-corrected chi connectivity index (χ4v) is 3.18. The van der Waals surface area contributed by atoms with Gasteiger partial charge in [0, 0.05) is 19.7 Å². The number of nitrogens with zero attached hydrogens (tertiary/aromatic N) is 3. The van der Waals surface area contributed by atoms with Crippen LogP contribution in [0.5, 0.6) is 0 Å². The SMILES string of the molecule is Cc1c(C(=O)N2CCC(OCCCN)CC2)cnn1-c1ccccc1. The van der Waals surface area contributed by atoms with E-state index in [1.54, 1.807) is 6.20 Å². The molecule has 2 aromatic rings. The third-order valence-electron chi connectivity index (χ3n) is 4.67. The second-order valence-corrected chi connectivity index (χ2v) is 6.40. The topological polar surface area (TPSA) is 73.4 Å². The van der Waals surface area contributed by atoms with Crippen LogP contribution in [0.15, 0.2) is 36.5 Å². The van der Waals surface area contributed by atoms with Crippen molar-refractivity contribution in [2.75, 3.05) is 26.2 Å². The third kappa shape index (κ3) is 4.08. The zero-order valence-electron chi connectivity index (χ0n) is 14.7. The van der Waals surface area contributed by atoms with Crippen molar-refractivity contribution in [3.05, 3.63) is 47.8 Å². The largest absolute Gasteiger partial charge is 0.378 e. The number of piperidine rings is 1. The number of benzene rings is 1. The van der Waals surface area contributed by atoms with Gasteiger partial charge in [-0.1, -0.05) is 18.2 Å². The molecule has 134 valence electrons. The number of nitrogens with two attached hydrogens (primary N) is 1. The molecule has 6 heteroatoms. The molecule has 0 bridgehead atoms. The molecule has 3 rings (SSSR count). The zero-order valence-corrected chi connectivity index (χ0v) is 14.7. The number of aromatic nitrogens is 2. The average Bonchev–Trinajstić information content (AvgIpc) is 3.04. The molecule has 0 saturated carbocycles. The Morgan fingerprint density at radius 3 is 2.68 bits per heavy atom. The number of carbonyl (C=O) groups excluding carboxylic acids is 1. The maximum absolute atomic E-state index is 12.8. The van der Waals surface area contributed by atoms with Crippen molar-refractivity contribution in [1.29, 1.82) is 0 Å². The minimum absolute atomic E-state index is 0.0556. The van der Waals surface area contributed by atoms with Gasteiger partial charge in [-0.15, -0.1) is 0 Å².